The molecule has 2 rings (SSSR count). The maximum Gasteiger partial charge on any atom is 0.216 e. The quantitative estimate of drug-likeness (QED) is 0.523. The second kappa shape index (κ2) is 10.7. The van der Waals surface area contributed by atoms with E-state index in [2.05, 4.69) is 76.7 Å². The summed E-state index contributed by atoms with van der Waals surface area (Å²) in [6.07, 6.45) is 1.03. The standard InChI is InChI=1S/C21H33N5O/c1-6-22-21(24-14-20-25-17(3)18(4)27-20)23-13-12-16(2)26(5)15-19-10-8-7-9-11-19/h7-11,16H,6,12-15H2,1-5H3,(H2,22,23,24). The minimum Gasteiger partial charge on any atom is -0.444 e. The maximum absolute atomic E-state index is 5.59. The Hall–Kier alpha value is -2.34. The summed E-state index contributed by atoms with van der Waals surface area (Å²) in [6.45, 7) is 11.3. The van der Waals surface area contributed by atoms with Crippen LogP contribution in [-0.4, -0.2) is 42.0 Å². The van der Waals surface area contributed by atoms with E-state index in [1.54, 1.807) is 0 Å². The van der Waals surface area contributed by atoms with E-state index in [-0.39, 0.29) is 0 Å². The summed E-state index contributed by atoms with van der Waals surface area (Å²) in [5.41, 5.74) is 2.26. The highest BCUT2D eigenvalue weighted by Crippen LogP contribution is 2.09. The molecule has 0 radical (unpaired) electrons. The number of oxazole rings is 1. The Kier molecular flexibility index (Phi) is 8.33. The first-order valence-corrected chi connectivity index (χ1v) is 9.68. The van der Waals surface area contributed by atoms with Crippen molar-refractivity contribution in [1.29, 1.82) is 0 Å². The van der Waals surface area contributed by atoms with E-state index >= 15 is 0 Å². The fourth-order valence-electron chi connectivity index (χ4n) is 2.74. The predicted molar refractivity (Wildman–Crippen MR) is 111 cm³/mol. The number of aliphatic imine (C=N–C) groups is 1. The third-order valence-electron chi connectivity index (χ3n) is 4.67. The monoisotopic (exact) mass is 371 g/mol. The normalized spacial score (nSPS) is 13.0. The first-order valence-electron chi connectivity index (χ1n) is 9.68. The second-order valence-electron chi connectivity index (χ2n) is 6.91. The van der Waals surface area contributed by atoms with Crippen molar-refractivity contribution in [3.63, 3.8) is 0 Å². The molecule has 6 heteroatoms. The second-order valence-corrected chi connectivity index (χ2v) is 6.91. The van der Waals surface area contributed by atoms with Gasteiger partial charge in [-0.15, -0.1) is 0 Å². The van der Waals surface area contributed by atoms with Gasteiger partial charge in [0.2, 0.25) is 5.89 Å². The molecule has 2 aromatic rings. The lowest BCUT2D eigenvalue weighted by Crippen LogP contribution is -2.40. The Morgan fingerprint density at radius 2 is 1.96 bits per heavy atom. The SMILES string of the molecule is CCNC(=NCc1nc(C)c(C)o1)NCCC(C)N(C)Cc1ccccc1. The van der Waals surface area contributed by atoms with Crippen molar-refractivity contribution >= 4 is 5.96 Å². The van der Waals surface area contributed by atoms with Gasteiger partial charge in [0.25, 0.3) is 0 Å². The Balaban J connectivity index is 1.79. The van der Waals surface area contributed by atoms with Crippen LogP contribution in [-0.2, 0) is 13.1 Å². The highest BCUT2D eigenvalue weighted by Gasteiger charge is 2.10. The van der Waals surface area contributed by atoms with Gasteiger partial charge >= 0.3 is 0 Å². The van der Waals surface area contributed by atoms with E-state index in [4.69, 9.17) is 4.42 Å². The van der Waals surface area contributed by atoms with Crippen molar-refractivity contribution < 1.29 is 4.42 Å². The van der Waals surface area contributed by atoms with Crippen LogP contribution in [0.3, 0.4) is 0 Å². The van der Waals surface area contributed by atoms with Crippen LogP contribution in [0.2, 0.25) is 0 Å². The third-order valence-corrected chi connectivity index (χ3v) is 4.67. The minimum absolute atomic E-state index is 0.438. The molecule has 1 aromatic heterocycles. The van der Waals surface area contributed by atoms with Gasteiger partial charge in [0.15, 0.2) is 5.96 Å². The molecule has 1 heterocycles. The fraction of sp³-hybridized carbons (Fsp3) is 0.524. The van der Waals surface area contributed by atoms with Crippen LogP contribution in [0.5, 0.6) is 0 Å². The zero-order chi connectivity index (χ0) is 19.6. The van der Waals surface area contributed by atoms with Gasteiger partial charge in [0.05, 0.1) is 5.69 Å². The van der Waals surface area contributed by atoms with E-state index in [9.17, 15) is 0 Å². The number of rotatable bonds is 9. The lowest BCUT2D eigenvalue weighted by Gasteiger charge is -2.25. The number of nitrogens with zero attached hydrogens (tertiary/aromatic N) is 3. The molecule has 0 fully saturated rings. The first-order chi connectivity index (χ1) is 13.0. The van der Waals surface area contributed by atoms with Crippen molar-refractivity contribution in [3.05, 3.63) is 53.2 Å². The third kappa shape index (κ3) is 7.06. The molecule has 2 N–H and O–H groups in total. The summed E-state index contributed by atoms with van der Waals surface area (Å²) in [5, 5.41) is 6.68. The molecule has 0 saturated carbocycles. The van der Waals surface area contributed by atoms with Crippen molar-refractivity contribution in [2.24, 2.45) is 4.99 Å². The smallest absolute Gasteiger partial charge is 0.216 e. The molecule has 0 aliphatic carbocycles. The number of hydrogen-bond donors (Lipinski definition) is 2. The summed E-state index contributed by atoms with van der Waals surface area (Å²) in [7, 11) is 2.17. The molecule has 0 aliphatic heterocycles. The van der Waals surface area contributed by atoms with Crippen LogP contribution >= 0.6 is 0 Å². The van der Waals surface area contributed by atoms with Gasteiger partial charge in [0.1, 0.15) is 12.3 Å². The molecule has 0 aliphatic rings. The highest BCUT2D eigenvalue weighted by atomic mass is 16.4. The molecular weight excluding hydrogens is 338 g/mol. The van der Waals surface area contributed by atoms with E-state index in [1.807, 2.05) is 13.8 Å². The largest absolute Gasteiger partial charge is 0.444 e. The van der Waals surface area contributed by atoms with Gasteiger partial charge in [-0.05, 0) is 46.7 Å². The number of guanidine groups is 1. The molecule has 0 amide bonds. The highest BCUT2D eigenvalue weighted by molar-refractivity contribution is 5.79. The molecule has 6 nitrogen and oxygen atoms in total. The van der Waals surface area contributed by atoms with Crippen LogP contribution in [0.1, 0.15) is 43.2 Å². The summed E-state index contributed by atoms with van der Waals surface area (Å²) in [4.78, 5) is 11.3. The summed E-state index contributed by atoms with van der Waals surface area (Å²) in [6, 6.07) is 11.0. The Labute approximate surface area is 163 Å². The molecule has 27 heavy (non-hydrogen) atoms. The Bertz CT molecular complexity index is 691. The minimum atomic E-state index is 0.438. The summed E-state index contributed by atoms with van der Waals surface area (Å²) in [5.74, 6) is 2.30. The van der Waals surface area contributed by atoms with Gasteiger partial charge in [-0.1, -0.05) is 30.3 Å². The van der Waals surface area contributed by atoms with Crippen LogP contribution in [0.25, 0.3) is 0 Å². The summed E-state index contributed by atoms with van der Waals surface area (Å²) >= 11 is 0. The fourth-order valence-corrected chi connectivity index (χ4v) is 2.74. The van der Waals surface area contributed by atoms with Crippen LogP contribution in [0.4, 0.5) is 0 Å². The molecular formula is C21H33N5O. The molecule has 148 valence electrons. The molecule has 0 saturated heterocycles. The van der Waals surface area contributed by atoms with Crippen LogP contribution in [0.15, 0.2) is 39.7 Å². The number of aromatic nitrogens is 1. The number of benzene rings is 1. The van der Waals surface area contributed by atoms with E-state index in [0.717, 1.165) is 43.5 Å². The lowest BCUT2D eigenvalue weighted by atomic mass is 10.1. The number of hydrogen-bond acceptors (Lipinski definition) is 4. The van der Waals surface area contributed by atoms with Gasteiger partial charge in [0, 0.05) is 25.7 Å². The van der Waals surface area contributed by atoms with E-state index in [1.165, 1.54) is 5.56 Å². The van der Waals surface area contributed by atoms with E-state index in [0.29, 0.717) is 18.5 Å². The van der Waals surface area contributed by atoms with Crippen molar-refractivity contribution in [2.75, 3.05) is 20.1 Å². The molecule has 1 unspecified atom stereocenters. The Morgan fingerprint density at radius 1 is 1.22 bits per heavy atom. The first kappa shape index (κ1) is 21.0. The maximum atomic E-state index is 5.59. The van der Waals surface area contributed by atoms with Gasteiger partial charge in [-0.3, -0.25) is 4.90 Å². The van der Waals surface area contributed by atoms with Gasteiger partial charge in [-0.25, -0.2) is 9.98 Å². The molecule has 1 aromatic carbocycles. The van der Waals surface area contributed by atoms with Crippen molar-refractivity contribution in [3.8, 4) is 0 Å². The van der Waals surface area contributed by atoms with Crippen LogP contribution < -0.4 is 10.6 Å². The zero-order valence-electron chi connectivity index (χ0n) is 17.2. The van der Waals surface area contributed by atoms with Gasteiger partial charge in [-0.2, -0.15) is 0 Å². The van der Waals surface area contributed by atoms with Crippen LogP contribution in [0, 0.1) is 13.8 Å². The van der Waals surface area contributed by atoms with Crippen molar-refractivity contribution in [1.82, 2.24) is 20.5 Å². The average molecular weight is 372 g/mol. The topological polar surface area (TPSA) is 65.7 Å². The molecule has 1 atom stereocenters. The zero-order valence-corrected chi connectivity index (χ0v) is 17.2. The number of nitrogens with one attached hydrogen (secondary N) is 2. The summed E-state index contributed by atoms with van der Waals surface area (Å²) < 4.78 is 5.59. The lowest BCUT2D eigenvalue weighted by molar-refractivity contribution is 0.238. The van der Waals surface area contributed by atoms with Crippen molar-refractivity contribution in [2.45, 2.75) is 53.2 Å². The molecule has 0 spiro atoms. The number of aryl methyl sites for hydroxylation is 2. The predicted octanol–water partition coefficient (Wildman–Crippen LogP) is 3.26. The Morgan fingerprint density at radius 3 is 2.59 bits per heavy atom. The molecule has 0 bridgehead atoms. The van der Waals surface area contributed by atoms with E-state index < -0.39 is 0 Å². The van der Waals surface area contributed by atoms with Gasteiger partial charge < -0.3 is 15.1 Å². The average Bonchev–Trinajstić information content (AvgIpc) is 2.98.